The van der Waals surface area contributed by atoms with Gasteiger partial charge in [-0.15, -0.1) is 0 Å². The predicted molar refractivity (Wildman–Crippen MR) is 110 cm³/mol. The number of rotatable bonds is 5. The molecule has 1 heterocycles. The Morgan fingerprint density at radius 3 is 2.97 bits per heavy atom. The lowest BCUT2D eigenvalue weighted by Crippen LogP contribution is -2.33. The molecular formula is C22H27N5O2. The zero-order valence-corrected chi connectivity index (χ0v) is 16.9. The number of anilines is 2. The number of ether oxygens (including phenoxy) is 1. The van der Waals surface area contributed by atoms with E-state index in [1.54, 1.807) is 0 Å². The van der Waals surface area contributed by atoms with Crippen molar-refractivity contribution in [1.82, 2.24) is 15.5 Å². The molecule has 1 amide bonds. The van der Waals surface area contributed by atoms with Gasteiger partial charge in [-0.25, -0.2) is 4.79 Å². The van der Waals surface area contributed by atoms with E-state index in [4.69, 9.17) is 4.74 Å². The number of hydrogen-bond acceptors (Lipinski definition) is 5. The van der Waals surface area contributed by atoms with Crippen LogP contribution in [0.2, 0.25) is 0 Å². The van der Waals surface area contributed by atoms with Crippen molar-refractivity contribution in [2.75, 3.05) is 5.32 Å². The Morgan fingerprint density at radius 1 is 1.31 bits per heavy atom. The number of carbonyl (C=O) groups is 1. The number of amides is 1. The van der Waals surface area contributed by atoms with Crippen molar-refractivity contribution in [2.24, 2.45) is 0 Å². The minimum atomic E-state index is -0.343. The summed E-state index contributed by atoms with van der Waals surface area (Å²) in [7, 11) is 0. The van der Waals surface area contributed by atoms with Crippen LogP contribution in [0.15, 0.2) is 24.3 Å². The van der Waals surface area contributed by atoms with Crippen LogP contribution in [0.25, 0.3) is 0 Å². The molecule has 152 valence electrons. The van der Waals surface area contributed by atoms with Crippen LogP contribution in [-0.4, -0.2) is 28.4 Å². The highest BCUT2D eigenvalue weighted by Crippen LogP contribution is 2.37. The van der Waals surface area contributed by atoms with Gasteiger partial charge in [0.1, 0.15) is 6.10 Å². The molecule has 1 fully saturated rings. The van der Waals surface area contributed by atoms with Crippen LogP contribution in [0.5, 0.6) is 0 Å². The molecule has 3 N–H and O–H groups in total. The number of aromatic nitrogens is 2. The minimum absolute atomic E-state index is 0.00943. The van der Waals surface area contributed by atoms with E-state index in [0.717, 1.165) is 54.9 Å². The monoisotopic (exact) mass is 393 g/mol. The second kappa shape index (κ2) is 8.16. The van der Waals surface area contributed by atoms with Crippen LogP contribution in [0.4, 0.5) is 16.3 Å². The highest BCUT2D eigenvalue weighted by molar-refractivity contribution is 5.67. The Bertz CT molecular complexity index is 930. The van der Waals surface area contributed by atoms with Crippen molar-refractivity contribution >= 4 is 17.6 Å². The van der Waals surface area contributed by atoms with E-state index in [1.807, 2.05) is 26.0 Å². The summed E-state index contributed by atoms with van der Waals surface area (Å²) in [5, 5.41) is 22.9. The van der Waals surface area contributed by atoms with Crippen LogP contribution < -0.4 is 10.6 Å². The number of hydrogen-bond donors (Lipinski definition) is 3. The minimum Gasteiger partial charge on any atom is -0.446 e. The molecule has 0 radical (unpaired) electrons. The molecule has 29 heavy (non-hydrogen) atoms. The van der Waals surface area contributed by atoms with Crippen molar-refractivity contribution in [3.63, 3.8) is 0 Å². The number of carbonyl (C=O) groups excluding carboxylic acids is 1. The molecule has 0 aliphatic heterocycles. The summed E-state index contributed by atoms with van der Waals surface area (Å²) in [4.78, 5) is 11.8. The first-order valence-electron chi connectivity index (χ1n) is 10.3. The fourth-order valence-electron chi connectivity index (χ4n) is 4.32. The number of nitrogens with one attached hydrogen (secondary N) is 3. The molecule has 1 saturated carbocycles. The van der Waals surface area contributed by atoms with Crippen LogP contribution >= 0.6 is 0 Å². The summed E-state index contributed by atoms with van der Waals surface area (Å²) < 4.78 is 5.51. The molecule has 2 aromatic rings. The lowest BCUT2D eigenvalue weighted by atomic mass is 10.0. The Kier molecular flexibility index (Phi) is 5.43. The number of alkyl carbamates (subject to hydrolysis) is 1. The standard InChI is InChI=1S/C22H27N5O2/c1-13(2)24-22(28)29-18-8-6-15(9-18)20-11-21(27-26-20)25-17-7-5-14-3-4-16(12-23)19(14)10-17/h5,7,10-11,13,15-16,18H,3-4,6,8-9H2,1-2H3,(H,24,28)(H2,25,26,27)/t15-,16?,18?/m0/s1. The maximum absolute atomic E-state index is 11.8. The van der Waals surface area contributed by atoms with Gasteiger partial charge in [-0.3, -0.25) is 5.10 Å². The van der Waals surface area contributed by atoms with E-state index >= 15 is 0 Å². The third kappa shape index (κ3) is 4.37. The zero-order valence-electron chi connectivity index (χ0n) is 16.9. The summed E-state index contributed by atoms with van der Waals surface area (Å²) in [5.41, 5.74) is 4.40. The zero-order chi connectivity index (χ0) is 20.4. The molecule has 2 aliphatic carbocycles. The summed E-state index contributed by atoms with van der Waals surface area (Å²) in [6, 6.07) is 10.7. The molecule has 2 aliphatic rings. The SMILES string of the molecule is CC(C)NC(=O)OC1CC[C@H](c2cc(Nc3ccc4c(c3)C(C#N)CC4)n[nH]2)C1. The Balaban J connectivity index is 1.36. The quantitative estimate of drug-likeness (QED) is 0.695. The molecule has 1 aromatic heterocycles. The molecule has 1 aromatic carbocycles. The molecule has 2 unspecified atom stereocenters. The fourth-order valence-corrected chi connectivity index (χ4v) is 4.32. The first kappa shape index (κ1) is 19.3. The molecule has 7 heteroatoms. The molecule has 7 nitrogen and oxygen atoms in total. The highest BCUT2D eigenvalue weighted by Gasteiger charge is 2.30. The third-order valence-corrected chi connectivity index (χ3v) is 5.75. The maximum Gasteiger partial charge on any atom is 0.407 e. The van der Waals surface area contributed by atoms with Crippen molar-refractivity contribution in [1.29, 1.82) is 5.26 Å². The Labute approximate surface area is 170 Å². The van der Waals surface area contributed by atoms with Gasteiger partial charge in [0.2, 0.25) is 0 Å². The van der Waals surface area contributed by atoms with Gasteiger partial charge in [-0.1, -0.05) is 6.07 Å². The number of H-pyrrole nitrogens is 1. The van der Waals surface area contributed by atoms with Crippen molar-refractivity contribution < 1.29 is 9.53 Å². The van der Waals surface area contributed by atoms with E-state index in [0.29, 0.717) is 5.92 Å². The first-order chi connectivity index (χ1) is 14.0. The van der Waals surface area contributed by atoms with Gasteiger partial charge in [0, 0.05) is 29.4 Å². The topological polar surface area (TPSA) is 103 Å². The molecule has 3 atom stereocenters. The average Bonchev–Trinajstić information content (AvgIpc) is 3.40. The van der Waals surface area contributed by atoms with E-state index in [-0.39, 0.29) is 24.2 Å². The summed E-state index contributed by atoms with van der Waals surface area (Å²) in [5.74, 6) is 1.05. The number of aryl methyl sites for hydroxylation is 1. The van der Waals surface area contributed by atoms with Crippen molar-refractivity contribution in [2.45, 2.75) is 69.9 Å². The lowest BCUT2D eigenvalue weighted by Gasteiger charge is -2.14. The number of benzene rings is 1. The average molecular weight is 393 g/mol. The van der Waals surface area contributed by atoms with E-state index < -0.39 is 0 Å². The van der Waals surface area contributed by atoms with Gasteiger partial charge in [0.15, 0.2) is 5.82 Å². The van der Waals surface area contributed by atoms with Crippen LogP contribution in [-0.2, 0) is 11.2 Å². The number of nitriles is 1. The van der Waals surface area contributed by atoms with Crippen molar-refractivity contribution in [3.8, 4) is 6.07 Å². The molecule has 0 spiro atoms. The molecule has 0 bridgehead atoms. The summed E-state index contributed by atoms with van der Waals surface area (Å²) in [6.45, 7) is 3.83. The lowest BCUT2D eigenvalue weighted by molar-refractivity contribution is 0.0981. The number of nitrogens with zero attached hydrogens (tertiary/aromatic N) is 2. The van der Waals surface area contributed by atoms with Gasteiger partial charge in [0.05, 0.1) is 12.0 Å². The van der Waals surface area contributed by atoms with Gasteiger partial charge < -0.3 is 15.4 Å². The van der Waals surface area contributed by atoms with Gasteiger partial charge in [0.25, 0.3) is 0 Å². The van der Waals surface area contributed by atoms with E-state index in [9.17, 15) is 10.1 Å². The molecule has 4 rings (SSSR count). The smallest absolute Gasteiger partial charge is 0.407 e. The summed E-state index contributed by atoms with van der Waals surface area (Å²) >= 11 is 0. The van der Waals surface area contributed by atoms with Gasteiger partial charge in [-0.05, 0) is 69.2 Å². The molecule has 0 saturated heterocycles. The predicted octanol–water partition coefficient (Wildman–Crippen LogP) is 4.48. The second-order valence-electron chi connectivity index (χ2n) is 8.30. The fraction of sp³-hybridized carbons (Fsp3) is 0.500. The Hall–Kier alpha value is -3.01. The van der Waals surface area contributed by atoms with E-state index in [1.165, 1.54) is 5.56 Å². The normalized spacial score (nSPS) is 22.9. The first-order valence-corrected chi connectivity index (χ1v) is 10.3. The highest BCUT2D eigenvalue weighted by atomic mass is 16.6. The van der Waals surface area contributed by atoms with Crippen LogP contribution in [0.1, 0.15) is 68.2 Å². The van der Waals surface area contributed by atoms with Gasteiger partial charge >= 0.3 is 6.09 Å². The second-order valence-corrected chi connectivity index (χ2v) is 8.30. The maximum atomic E-state index is 11.8. The molecular weight excluding hydrogens is 366 g/mol. The number of fused-ring (bicyclic) bond motifs is 1. The third-order valence-electron chi connectivity index (χ3n) is 5.75. The van der Waals surface area contributed by atoms with E-state index in [2.05, 4.69) is 39.0 Å². The van der Waals surface area contributed by atoms with Crippen molar-refractivity contribution in [3.05, 3.63) is 41.1 Å². The van der Waals surface area contributed by atoms with Crippen LogP contribution in [0, 0.1) is 11.3 Å². The Morgan fingerprint density at radius 2 is 2.17 bits per heavy atom. The summed E-state index contributed by atoms with van der Waals surface area (Å²) in [6.07, 6.45) is 4.10. The van der Waals surface area contributed by atoms with Crippen LogP contribution in [0.3, 0.4) is 0 Å². The van der Waals surface area contributed by atoms with Gasteiger partial charge in [-0.2, -0.15) is 10.4 Å². The number of aromatic amines is 1. The largest absolute Gasteiger partial charge is 0.446 e.